The highest BCUT2D eigenvalue weighted by molar-refractivity contribution is 5.35. The summed E-state index contributed by atoms with van der Waals surface area (Å²) >= 11 is 0. The molecule has 0 unspecified atom stereocenters. The summed E-state index contributed by atoms with van der Waals surface area (Å²) in [6.45, 7) is 0.319. The van der Waals surface area contributed by atoms with Gasteiger partial charge in [-0.2, -0.15) is 0 Å². The van der Waals surface area contributed by atoms with Crippen LogP contribution in [-0.4, -0.2) is 6.10 Å². The van der Waals surface area contributed by atoms with Crippen LogP contribution in [0, 0.1) is 5.82 Å². The lowest BCUT2D eigenvalue weighted by molar-refractivity contribution is 0.147. The minimum Gasteiger partial charge on any atom is -0.487 e. The van der Waals surface area contributed by atoms with E-state index in [2.05, 4.69) is 0 Å². The van der Waals surface area contributed by atoms with E-state index in [0.717, 1.165) is 18.4 Å². The molecule has 1 saturated carbocycles. The first-order valence-corrected chi connectivity index (χ1v) is 5.95. The molecule has 2 nitrogen and oxygen atoms in total. The van der Waals surface area contributed by atoms with Gasteiger partial charge in [-0.25, -0.2) is 4.39 Å². The zero-order chi connectivity index (χ0) is 11.4. The number of nitrogens with two attached hydrogens (primary N) is 1. The molecule has 1 aliphatic carbocycles. The minimum atomic E-state index is -0.298. The number of benzene rings is 1. The molecule has 0 aliphatic heterocycles. The largest absolute Gasteiger partial charge is 0.487 e. The summed E-state index contributed by atoms with van der Waals surface area (Å²) in [6, 6.07) is 4.92. The van der Waals surface area contributed by atoms with Gasteiger partial charge >= 0.3 is 0 Å². The molecule has 2 rings (SSSR count). The van der Waals surface area contributed by atoms with Crippen LogP contribution in [-0.2, 0) is 6.54 Å². The fourth-order valence-electron chi connectivity index (χ4n) is 2.20. The maximum atomic E-state index is 13.6. The number of rotatable bonds is 3. The van der Waals surface area contributed by atoms with Crippen molar-refractivity contribution in [3.05, 3.63) is 29.6 Å². The summed E-state index contributed by atoms with van der Waals surface area (Å²) in [6.07, 6.45) is 5.84. The van der Waals surface area contributed by atoms with E-state index in [-0.39, 0.29) is 11.9 Å². The Bertz CT molecular complexity index is 348. The molecule has 0 aromatic heterocycles. The van der Waals surface area contributed by atoms with E-state index in [9.17, 15) is 4.39 Å². The van der Waals surface area contributed by atoms with Crippen LogP contribution in [0.4, 0.5) is 4.39 Å². The third-order valence-corrected chi connectivity index (χ3v) is 3.11. The molecular formula is C13H18FNO. The first-order chi connectivity index (χ1) is 7.81. The van der Waals surface area contributed by atoms with Gasteiger partial charge in [0.05, 0.1) is 6.10 Å². The van der Waals surface area contributed by atoms with Gasteiger partial charge in [-0.3, -0.25) is 0 Å². The van der Waals surface area contributed by atoms with Crippen LogP contribution in [0.25, 0.3) is 0 Å². The lowest BCUT2D eigenvalue weighted by Crippen LogP contribution is -2.21. The molecule has 0 bridgehead atoms. The van der Waals surface area contributed by atoms with Crippen LogP contribution in [0.3, 0.4) is 0 Å². The Labute approximate surface area is 95.6 Å². The van der Waals surface area contributed by atoms with Crippen molar-refractivity contribution in [3.63, 3.8) is 0 Å². The van der Waals surface area contributed by atoms with Gasteiger partial charge in [0, 0.05) is 12.1 Å². The number of para-hydroxylation sites is 1. The van der Waals surface area contributed by atoms with Crippen molar-refractivity contribution in [2.24, 2.45) is 5.73 Å². The molecule has 1 aliphatic rings. The van der Waals surface area contributed by atoms with E-state index >= 15 is 0 Å². The van der Waals surface area contributed by atoms with Crippen LogP contribution < -0.4 is 10.5 Å². The molecule has 0 radical (unpaired) electrons. The van der Waals surface area contributed by atoms with Crippen LogP contribution in [0.5, 0.6) is 5.75 Å². The Balaban J connectivity index is 2.12. The van der Waals surface area contributed by atoms with Crippen molar-refractivity contribution < 1.29 is 9.13 Å². The maximum Gasteiger partial charge on any atom is 0.165 e. The molecule has 3 heteroatoms. The molecular weight excluding hydrogens is 205 g/mol. The molecule has 16 heavy (non-hydrogen) atoms. The zero-order valence-corrected chi connectivity index (χ0v) is 9.42. The summed E-state index contributed by atoms with van der Waals surface area (Å²) in [4.78, 5) is 0. The van der Waals surface area contributed by atoms with Gasteiger partial charge in [-0.05, 0) is 31.7 Å². The Morgan fingerprint density at radius 3 is 2.69 bits per heavy atom. The molecule has 88 valence electrons. The second kappa shape index (κ2) is 5.30. The number of hydrogen-bond donors (Lipinski definition) is 1. The second-order valence-electron chi connectivity index (χ2n) is 4.31. The first kappa shape index (κ1) is 11.4. The van der Waals surface area contributed by atoms with E-state index in [0.29, 0.717) is 12.3 Å². The minimum absolute atomic E-state index is 0.163. The molecule has 1 fully saturated rings. The molecule has 1 aromatic rings. The molecule has 0 atom stereocenters. The van der Waals surface area contributed by atoms with Crippen LogP contribution in [0.2, 0.25) is 0 Å². The number of halogens is 1. The van der Waals surface area contributed by atoms with Crippen molar-refractivity contribution >= 4 is 0 Å². The first-order valence-electron chi connectivity index (χ1n) is 5.95. The van der Waals surface area contributed by atoms with E-state index < -0.39 is 0 Å². The van der Waals surface area contributed by atoms with E-state index in [1.807, 2.05) is 6.07 Å². The molecule has 0 spiro atoms. The summed E-state index contributed by atoms with van der Waals surface area (Å²) in [5.74, 6) is 0.0606. The van der Waals surface area contributed by atoms with Gasteiger partial charge in [0.2, 0.25) is 0 Å². The number of hydrogen-bond acceptors (Lipinski definition) is 2. The third kappa shape index (κ3) is 2.53. The molecule has 1 aromatic carbocycles. The molecule has 2 N–H and O–H groups in total. The monoisotopic (exact) mass is 223 g/mol. The summed E-state index contributed by atoms with van der Waals surface area (Å²) < 4.78 is 19.4. The highest BCUT2D eigenvalue weighted by Crippen LogP contribution is 2.28. The van der Waals surface area contributed by atoms with Gasteiger partial charge in [0.25, 0.3) is 0 Å². The quantitative estimate of drug-likeness (QED) is 0.855. The second-order valence-corrected chi connectivity index (χ2v) is 4.31. The highest BCUT2D eigenvalue weighted by Gasteiger charge is 2.18. The fourth-order valence-corrected chi connectivity index (χ4v) is 2.20. The van der Waals surface area contributed by atoms with E-state index in [4.69, 9.17) is 10.5 Å². The SMILES string of the molecule is NCc1cccc(F)c1OC1CCCCC1. The van der Waals surface area contributed by atoms with Gasteiger partial charge in [-0.1, -0.05) is 18.6 Å². The predicted octanol–water partition coefficient (Wildman–Crippen LogP) is 3.00. The summed E-state index contributed by atoms with van der Waals surface area (Å²) in [5, 5.41) is 0. The zero-order valence-electron chi connectivity index (χ0n) is 9.42. The Hall–Kier alpha value is -1.09. The average Bonchev–Trinajstić information content (AvgIpc) is 2.33. The normalized spacial score (nSPS) is 17.4. The van der Waals surface area contributed by atoms with Crippen molar-refractivity contribution in [2.75, 3.05) is 0 Å². The summed E-state index contributed by atoms with van der Waals surface area (Å²) in [7, 11) is 0. The van der Waals surface area contributed by atoms with Gasteiger partial charge in [-0.15, -0.1) is 0 Å². The average molecular weight is 223 g/mol. The molecule has 0 heterocycles. The van der Waals surface area contributed by atoms with Gasteiger partial charge in [0.15, 0.2) is 11.6 Å². The number of ether oxygens (including phenoxy) is 1. The van der Waals surface area contributed by atoms with Crippen molar-refractivity contribution in [1.82, 2.24) is 0 Å². The van der Waals surface area contributed by atoms with E-state index in [1.165, 1.54) is 25.3 Å². The standard InChI is InChI=1S/C13H18FNO/c14-12-8-4-5-10(9-15)13(12)16-11-6-2-1-3-7-11/h4-5,8,11H,1-3,6-7,9,15H2. The summed E-state index contributed by atoms with van der Waals surface area (Å²) in [5.41, 5.74) is 6.33. The van der Waals surface area contributed by atoms with Crippen molar-refractivity contribution in [3.8, 4) is 5.75 Å². The molecule has 0 saturated heterocycles. The predicted molar refractivity (Wildman–Crippen MR) is 61.8 cm³/mol. The maximum absolute atomic E-state index is 13.6. The highest BCUT2D eigenvalue weighted by atomic mass is 19.1. The van der Waals surface area contributed by atoms with Gasteiger partial charge in [0.1, 0.15) is 0 Å². The third-order valence-electron chi connectivity index (χ3n) is 3.11. The Morgan fingerprint density at radius 1 is 1.25 bits per heavy atom. The Kier molecular flexibility index (Phi) is 3.78. The Morgan fingerprint density at radius 2 is 2.00 bits per heavy atom. The van der Waals surface area contributed by atoms with Crippen molar-refractivity contribution in [2.45, 2.75) is 44.8 Å². The topological polar surface area (TPSA) is 35.2 Å². The van der Waals surface area contributed by atoms with Gasteiger partial charge < -0.3 is 10.5 Å². The van der Waals surface area contributed by atoms with Crippen LogP contribution in [0.15, 0.2) is 18.2 Å². The lowest BCUT2D eigenvalue weighted by atomic mass is 9.97. The lowest BCUT2D eigenvalue weighted by Gasteiger charge is -2.24. The smallest absolute Gasteiger partial charge is 0.165 e. The molecule has 0 amide bonds. The van der Waals surface area contributed by atoms with E-state index in [1.54, 1.807) is 6.07 Å². The van der Waals surface area contributed by atoms with Crippen LogP contribution >= 0.6 is 0 Å². The fraction of sp³-hybridized carbons (Fsp3) is 0.538. The van der Waals surface area contributed by atoms with Crippen molar-refractivity contribution in [1.29, 1.82) is 0 Å². The van der Waals surface area contributed by atoms with Crippen LogP contribution in [0.1, 0.15) is 37.7 Å².